The second-order valence-corrected chi connectivity index (χ2v) is 9.47. The van der Waals surface area contributed by atoms with Crippen molar-refractivity contribution in [1.29, 1.82) is 0 Å². The van der Waals surface area contributed by atoms with Crippen LogP contribution in [-0.4, -0.2) is 36.5 Å². The van der Waals surface area contributed by atoms with Gasteiger partial charge in [0.1, 0.15) is 5.15 Å². The molecule has 1 unspecified atom stereocenters. The molecule has 1 aliphatic rings. The predicted molar refractivity (Wildman–Crippen MR) is 99.0 cm³/mol. The van der Waals surface area contributed by atoms with Gasteiger partial charge >= 0.3 is 0 Å². The van der Waals surface area contributed by atoms with Crippen molar-refractivity contribution in [2.45, 2.75) is 25.8 Å². The first-order valence-corrected chi connectivity index (χ1v) is 10.3. The van der Waals surface area contributed by atoms with Gasteiger partial charge in [0.25, 0.3) is 0 Å². The van der Waals surface area contributed by atoms with Crippen molar-refractivity contribution in [3.05, 3.63) is 39.6 Å². The number of hydrogen-bond donors (Lipinski definition) is 0. The lowest BCUT2D eigenvalue weighted by Crippen LogP contribution is -2.16. The number of ether oxygens (including phenoxy) is 1. The first kappa shape index (κ1) is 18.7. The van der Waals surface area contributed by atoms with E-state index in [4.69, 9.17) is 21.9 Å². The highest BCUT2D eigenvalue weighted by atomic mass is 35.5. The summed E-state index contributed by atoms with van der Waals surface area (Å²) in [4.78, 5) is 11.3. The van der Waals surface area contributed by atoms with Crippen LogP contribution in [0.2, 0.25) is 5.15 Å². The minimum Gasteiger partial charge on any atom is -0.477 e. The van der Waals surface area contributed by atoms with Crippen LogP contribution >= 0.6 is 11.6 Å². The molecule has 10 heteroatoms. The van der Waals surface area contributed by atoms with Crippen LogP contribution in [0.15, 0.2) is 23.6 Å². The Morgan fingerprint density at radius 2 is 2.15 bits per heavy atom. The number of halogens is 1. The number of hydrogen-bond acceptors (Lipinski definition) is 6. The van der Waals surface area contributed by atoms with Crippen molar-refractivity contribution in [2.24, 2.45) is 11.0 Å². The highest BCUT2D eigenvalue weighted by Gasteiger charge is 2.29. The van der Waals surface area contributed by atoms with E-state index in [1.165, 1.54) is 0 Å². The minimum absolute atomic E-state index is 0.0450. The average molecular weight is 396 g/mol. The summed E-state index contributed by atoms with van der Waals surface area (Å²) in [6, 6.07) is 1.68. The number of azide groups is 1. The lowest BCUT2D eigenvalue weighted by molar-refractivity contribution is 0.257. The molecule has 0 aromatic carbocycles. The van der Waals surface area contributed by atoms with E-state index in [1.54, 1.807) is 32.3 Å². The molecular formula is C16H18ClN5O3S. The molecule has 3 rings (SSSR count). The van der Waals surface area contributed by atoms with E-state index in [0.29, 0.717) is 28.4 Å². The second-order valence-electron chi connectivity index (χ2n) is 6.86. The van der Waals surface area contributed by atoms with Crippen LogP contribution in [0, 0.1) is 5.92 Å². The van der Waals surface area contributed by atoms with Crippen LogP contribution < -0.4 is 4.74 Å². The van der Waals surface area contributed by atoms with E-state index < -0.39 is 15.4 Å². The molecule has 8 nitrogen and oxygen atoms in total. The number of fused-ring (bicyclic) bond motifs is 1. The number of aromatic nitrogens is 2. The van der Waals surface area contributed by atoms with Crippen LogP contribution in [0.1, 0.15) is 25.8 Å². The fraction of sp³-hybridized carbons (Fsp3) is 0.500. The zero-order chi connectivity index (χ0) is 18.9. The monoisotopic (exact) mass is 395 g/mol. The largest absolute Gasteiger partial charge is 0.477 e. The Labute approximate surface area is 156 Å². The number of nitrogens with zero attached hydrogens (tertiary/aromatic N) is 5. The molecule has 0 spiro atoms. The maximum absolute atomic E-state index is 11.6. The molecule has 0 aliphatic carbocycles. The molecule has 2 aromatic rings. The summed E-state index contributed by atoms with van der Waals surface area (Å²) in [5.74, 6) is 0.647. The van der Waals surface area contributed by atoms with Crippen molar-refractivity contribution in [3.8, 4) is 5.88 Å². The molecule has 0 saturated carbocycles. The third kappa shape index (κ3) is 3.85. The Hall–Kier alpha value is -2.09. The minimum atomic E-state index is -2.96. The standard InChI is InChI=1S/C16H18ClN5O3S/c1-16(2,21-22-18)13-7-20-15(12-6-19-14(17)5-11(12)13)25-8-10-3-4-26(23,24)9-10/h5-7,10H,3-4,8-9H2,1-2H3. The van der Waals surface area contributed by atoms with Gasteiger partial charge in [0.2, 0.25) is 5.88 Å². The first-order valence-electron chi connectivity index (χ1n) is 8.06. The van der Waals surface area contributed by atoms with Crippen molar-refractivity contribution in [1.82, 2.24) is 9.97 Å². The Morgan fingerprint density at radius 3 is 2.81 bits per heavy atom. The molecule has 0 N–H and O–H groups in total. The zero-order valence-corrected chi connectivity index (χ0v) is 16.0. The quantitative estimate of drug-likeness (QED) is 0.331. The van der Waals surface area contributed by atoms with Crippen LogP contribution in [0.25, 0.3) is 21.2 Å². The van der Waals surface area contributed by atoms with Crippen LogP contribution in [0.3, 0.4) is 0 Å². The Kier molecular flexibility index (Phi) is 4.96. The molecule has 26 heavy (non-hydrogen) atoms. The average Bonchev–Trinajstić information content (AvgIpc) is 2.91. The summed E-state index contributed by atoms with van der Waals surface area (Å²) in [7, 11) is -2.96. The van der Waals surface area contributed by atoms with E-state index in [0.717, 1.165) is 5.39 Å². The maximum Gasteiger partial charge on any atom is 0.222 e. The molecule has 1 atom stereocenters. The molecule has 0 radical (unpaired) electrons. The normalized spacial score (nSPS) is 19.3. The first-order chi connectivity index (χ1) is 12.2. The number of rotatable bonds is 5. The van der Waals surface area contributed by atoms with Gasteiger partial charge in [-0.1, -0.05) is 30.6 Å². The topological polar surface area (TPSA) is 118 Å². The summed E-state index contributed by atoms with van der Waals surface area (Å²) in [5, 5.41) is 5.49. The Morgan fingerprint density at radius 1 is 1.38 bits per heavy atom. The van der Waals surface area contributed by atoms with E-state index in [1.807, 2.05) is 0 Å². The fourth-order valence-corrected chi connectivity index (χ4v) is 5.05. The Bertz CT molecular complexity index is 1000. The lowest BCUT2D eigenvalue weighted by atomic mass is 9.93. The van der Waals surface area contributed by atoms with Gasteiger partial charge in [0, 0.05) is 23.2 Å². The summed E-state index contributed by atoms with van der Waals surface area (Å²) in [6.45, 7) is 3.83. The molecule has 3 heterocycles. The zero-order valence-electron chi connectivity index (χ0n) is 14.4. The van der Waals surface area contributed by atoms with Crippen molar-refractivity contribution in [3.63, 3.8) is 0 Å². The molecule has 0 bridgehead atoms. The van der Waals surface area contributed by atoms with Gasteiger partial charge in [-0.15, -0.1) is 0 Å². The summed E-state index contributed by atoms with van der Waals surface area (Å²) in [6.07, 6.45) is 3.74. The summed E-state index contributed by atoms with van der Waals surface area (Å²) < 4.78 is 29.0. The van der Waals surface area contributed by atoms with Gasteiger partial charge in [-0.05, 0) is 29.0 Å². The third-order valence-corrected chi connectivity index (χ3v) is 6.48. The smallest absolute Gasteiger partial charge is 0.222 e. The third-order valence-electron chi connectivity index (χ3n) is 4.44. The second kappa shape index (κ2) is 6.90. The SMILES string of the molecule is CC(C)(N=[N+]=[N-])c1cnc(OCC2CCS(=O)(=O)C2)c2cnc(Cl)cc12. The van der Waals surface area contributed by atoms with E-state index in [-0.39, 0.29) is 24.0 Å². The molecule has 1 fully saturated rings. The van der Waals surface area contributed by atoms with Gasteiger partial charge in [-0.25, -0.2) is 18.4 Å². The van der Waals surface area contributed by atoms with E-state index in [9.17, 15) is 8.42 Å². The van der Waals surface area contributed by atoms with Crippen LogP contribution in [-0.2, 0) is 15.4 Å². The fourth-order valence-electron chi connectivity index (χ4n) is 3.05. The molecule has 2 aromatic heterocycles. The summed E-state index contributed by atoms with van der Waals surface area (Å²) in [5.41, 5.74) is 8.69. The van der Waals surface area contributed by atoms with Crippen LogP contribution in [0.4, 0.5) is 0 Å². The molecule has 138 valence electrons. The molecule has 1 saturated heterocycles. The van der Waals surface area contributed by atoms with E-state index in [2.05, 4.69) is 20.0 Å². The molecule has 1 aliphatic heterocycles. The van der Waals surface area contributed by atoms with Crippen molar-refractivity contribution >= 4 is 32.2 Å². The lowest BCUT2D eigenvalue weighted by Gasteiger charge is -2.21. The highest BCUT2D eigenvalue weighted by molar-refractivity contribution is 7.91. The molecule has 0 amide bonds. The van der Waals surface area contributed by atoms with Crippen molar-refractivity contribution in [2.75, 3.05) is 18.1 Å². The molecular weight excluding hydrogens is 378 g/mol. The highest BCUT2D eigenvalue weighted by Crippen LogP contribution is 2.35. The van der Waals surface area contributed by atoms with Gasteiger partial charge in [-0.2, -0.15) is 0 Å². The maximum atomic E-state index is 11.6. The van der Waals surface area contributed by atoms with Gasteiger partial charge < -0.3 is 4.74 Å². The summed E-state index contributed by atoms with van der Waals surface area (Å²) >= 11 is 6.04. The number of pyridine rings is 2. The van der Waals surface area contributed by atoms with Crippen LogP contribution in [0.5, 0.6) is 5.88 Å². The predicted octanol–water partition coefficient (Wildman–Crippen LogP) is 3.64. The van der Waals surface area contributed by atoms with Gasteiger partial charge in [0.05, 0.1) is 29.0 Å². The van der Waals surface area contributed by atoms with E-state index >= 15 is 0 Å². The number of sulfone groups is 1. The van der Waals surface area contributed by atoms with Gasteiger partial charge in [0.15, 0.2) is 9.84 Å². The van der Waals surface area contributed by atoms with Gasteiger partial charge in [-0.3, -0.25) is 0 Å². The Balaban J connectivity index is 1.97. The van der Waals surface area contributed by atoms with Crippen molar-refractivity contribution < 1.29 is 13.2 Å².